The Morgan fingerprint density at radius 1 is 1.45 bits per heavy atom. The summed E-state index contributed by atoms with van der Waals surface area (Å²) in [4.78, 5) is 13.4. The van der Waals surface area contributed by atoms with Gasteiger partial charge in [0.15, 0.2) is 11.5 Å². The summed E-state index contributed by atoms with van der Waals surface area (Å²) in [6, 6.07) is 5.86. The molecule has 0 unspecified atom stereocenters. The van der Waals surface area contributed by atoms with E-state index in [9.17, 15) is 4.79 Å². The molecular weight excluding hydrogens is 296 g/mol. The van der Waals surface area contributed by atoms with Gasteiger partial charge in [0.2, 0.25) is 0 Å². The van der Waals surface area contributed by atoms with Crippen molar-refractivity contribution >= 4 is 17.2 Å². The molecule has 2 aliphatic carbocycles. The number of rotatable bonds is 4. The molecule has 0 saturated heterocycles. The lowest BCUT2D eigenvalue weighted by atomic mass is 9.84. The Morgan fingerprint density at radius 3 is 3.05 bits per heavy atom. The Kier molecular flexibility index (Phi) is 3.53. The maximum absolute atomic E-state index is 12.4. The zero-order valence-electron chi connectivity index (χ0n) is 12.6. The Labute approximate surface area is 133 Å². The number of hydrogen-bond donors (Lipinski definition) is 1. The minimum absolute atomic E-state index is 0.123. The molecule has 2 aromatic rings. The monoisotopic (exact) mass is 316 g/mol. The second-order valence-corrected chi connectivity index (χ2v) is 7.60. The van der Waals surface area contributed by atoms with Crippen molar-refractivity contribution in [2.75, 3.05) is 0 Å². The molecule has 0 spiro atoms. The van der Waals surface area contributed by atoms with Gasteiger partial charge in [-0.3, -0.25) is 4.79 Å². The van der Waals surface area contributed by atoms with Gasteiger partial charge in [0.1, 0.15) is 0 Å². The first-order chi connectivity index (χ1) is 10.7. The van der Waals surface area contributed by atoms with E-state index in [0.29, 0.717) is 17.4 Å². The molecule has 22 heavy (non-hydrogen) atoms. The third kappa shape index (κ3) is 2.47. The smallest absolute Gasteiger partial charge is 0.273 e. The van der Waals surface area contributed by atoms with Gasteiger partial charge in [0, 0.05) is 12.1 Å². The summed E-state index contributed by atoms with van der Waals surface area (Å²) in [6.45, 7) is 2.13. The third-order valence-electron chi connectivity index (χ3n) is 5.30. The van der Waals surface area contributed by atoms with Crippen LogP contribution in [0.5, 0.6) is 0 Å². The highest BCUT2D eigenvalue weighted by Crippen LogP contribution is 2.49. The Bertz CT molecular complexity index is 664. The molecule has 4 nitrogen and oxygen atoms in total. The molecule has 2 aromatic heterocycles. The summed E-state index contributed by atoms with van der Waals surface area (Å²) in [5, 5.41) is 9.02. The van der Waals surface area contributed by atoms with Gasteiger partial charge in [-0.2, -0.15) is 0 Å². The first-order valence-corrected chi connectivity index (χ1v) is 8.90. The fourth-order valence-electron chi connectivity index (χ4n) is 4.21. The zero-order chi connectivity index (χ0) is 15.1. The average Bonchev–Trinajstić information content (AvgIpc) is 3.29. The number of nitrogens with zero attached hydrogens (tertiary/aromatic N) is 1. The predicted octanol–water partition coefficient (Wildman–Crippen LogP) is 3.96. The summed E-state index contributed by atoms with van der Waals surface area (Å²) >= 11 is 1.58. The number of fused-ring (bicyclic) bond motifs is 2. The number of hydrogen-bond acceptors (Lipinski definition) is 4. The SMILES string of the molecule is C[C@H](NC(=O)c1cc(-c2cccs2)on1)[C@@H]1C[C@@H]2CC[C@@H]1C2. The number of amides is 1. The molecule has 4 atom stereocenters. The molecule has 0 radical (unpaired) electrons. The van der Waals surface area contributed by atoms with E-state index in [1.807, 2.05) is 17.5 Å². The number of aromatic nitrogens is 1. The minimum atomic E-state index is -0.123. The maximum atomic E-state index is 12.4. The topological polar surface area (TPSA) is 55.1 Å². The van der Waals surface area contributed by atoms with Crippen molar-refractivity contribution in [1.29, 1.82) is 0 Å². The van der Waals surface area contributed by atoms with E-state index >= 15 is 0 Å². The lowest BCUT2D eigenvalue weighted by Crippen LogP contribution is -2.40. The van der Waals surface area contributed by atoms with Crippen LogP contribution in [0.25, 0.3) is 10.6 Å². The molecule has 2 saturated carbocycles. The van der Waals surface area contributed by atoms with Crippen LogP contribution in [-0.2, 0) is 0 Å². The summed E-state index contributed by atoms with van der Waals surface area (Å²) in [7, 11) is 0. The average molecular weight is 316 g/mol. The zero-order valence-corrected chi connectivity index (χ0v) is 13.4. The van der Waals surface area contributed by atoms with E-state index in [2.05, 4.69) is 17.4 Å². The molecule has 2 heterocycles. The highest BCUT2D eigenvalue weighted by molar-refractivity contribution is 7.13. The van der Waals surface area contributed by atoms with Gasteiger partial charge in [-0.1, -0.05) is 17.6 Å². The molecule has 2 fully saturated rings. The Hall–Kier alpha value is -1.62. The molecule has 1 amide bonds. The van der Waals surface area contributed by atoms with Crippen LogP contribution >= 0.6 is 11.3 Å². The van der Waals surface area contributed by atoms with Gasteiger partial charge in [0.05, 0.1) is 4.88 Å². The number of carbonyl (C=O) groups is 1. The van der Waals surface area contributed by atoms with Crippen molar-refractivity contribution in [3.8, 4) is 10.6 Å². The molecule has 116 valence electrons. The molecule has 0 aromatic carbocycles. The van der Waals surface area contributed by atoms with Crippen LogP contribution in [0.15, 0.2) is 28.1 Å². The van der Waals surface area contributed by atoms with Crippen molar-refractivity contribution in [1.82, 2.24) is 10.5 Å². The summed E-state index contributed by atoms with van der Waals surface area (Å²) in [6.07, 6.45) is 5.35. The van der Waals surface area contributed by atoms with Crippen LogP contribution in [0.2, 0.25) is 0 Å². The first-order valence-electron chi connectivity index (χ1n) is 8.02. The highest BCUT2D eigenvalue weighted by Gasteiger charge is 2.42. The fourth-order valence-corrected chi connectivity index (χ4v) is 4.88. The van der Waals surface area contributed by atoms with Crippen LogP contribution in [0.4, 0.5) is 0 Å². The van der Waals surface area contributed by atoms with Crippen molar-refractivity contribution < 1.29 is 9.32 Å². The van der Waals surface area contributed by atoms with Crippen LogP contribution in [0.3, 0.4) is 0 Å². The Balaban J connectivity index is 1.42. The second kappa shape index (κ2) is 5.54. The van der Waals surface area contributed by atoms with E-state index < -0.39 is 0 Å². The van der Waals surface area contributed by atoms with Gasteiger partial charge in [0.25, 0.3) is 5.91 Å². The van der Waals surface area contributed by atoms with Crippen LogP contribution < -0.4 is 5.32 Å². The van der Waals surface area contributed by atoms with Crippen LogP contribution in [0, 0.1) is 17.8 Å². The minimum Gasteiger partial charge on any atom is -0.355 e. The number of thiophene rings is 1. The largest absolute Gasteiger partial charge is 0.355 e. The lowest BCUT2D eigenvalue weighted by Gasteiger charge is -2.28. The Morgan fingerprint density at radius 2 is 2.36 bits per heavy atom. The molecule has 4 rings (SSSR count). The van der Waals surface area contributed by atoms with Crippen molar-refractivity contribution in [2.45, 2.75) is 38.6 Å². The van der Waals surface area contributed by atoms with Crippen molar-refractivity contribution in [3.05, 3.63) is 29.3 Å². The molecule has 1 N–H and O–H groups in total. The summed E-state index contributed by atoms with van der Waals surface area (Å²) in [5.74, 6) is 2.87. The maximum Gasteiger partial charge on any atom is 0.273 e. The standard InChI is InChI=1S/C17H20N2O2S/c1-10(13-8-11-4-5-12(13)7-11)18-17(20)14-9-15(21-19-14)16-3-2-6-22-16/h2-3,6,9-13H,4-5,7-8H2,1H3,(H,18,20)/t10-,11+,12+,13-/m0/s1. The van der Waals surface area contributed by atoms with E-state index in [1.165, 1.54) is 25.7 Å². The van der Waals surface area contributed by atoms with E-state index in [-0.39, 0.29) is 11.9 Å². The van der Waals surface area contributed by atoms with E-state index in [0.717, 1.165) is 16.7 Å². The molecule has 2 bridgehead atoms. The molecule has 0 aliphatic heterocycles. The number of carbonyl (C=O) groups excluding carboxylic acids is 1. The first kappa shape index (κ1) is 14.0. The third-order valence-corrected chi connectivity index (χ3v) is 6.19. The van der Waals surface area contributed by atoms with Crippen LogP contribution in [0.1, 0.15) is 43.1 Å². The van der Waals surface area contributed by atoms with Gasteiger partial charge in [-0.25, -0.2) is 0 Å². The lowest BCUT2D eigenvalue weighted by molar-refractivity contribution is 0.0906. The van der Waals surface area contributed by atoms with E-state index in [4.69, 9.17) is 4.52 Å². The van der Waals surface area contributed by atoms with Gasteiger partial charge in [-0.05, 0) is 55.4 Å². The molecule has 5 heteroatoms. The number of nitrogens with one attached hydrogen (secondary N) is 1. The van der Waals surface area contributed by atoms with Crippen molar-refractivity contribution in [2.24, 2.45) is 17.8 Å². The second-order valence-electron chi connectivity index (χ2n) is 6.65. The summed E-state index contributed by atoms with van der Waals surface area (Å²) in [5.41, 5.74) is 0.374. The summed E-state index contributed by atoms with van der Waals surface area (Å²) < 4.78 is 5.29. The predicted molar refractivity (Wildman–Crippen MR) is 85.7 cm³/mol. The van der Waals surface area contributed by atoms with Crippen LogP contribution in [-0.4, -0.2) is 17.1 Å². The highest BCUT2D eigenvalue weighted by atomic mass is 32.1. The van der Waals surface area contributed by atoms with Gasteiger partial charge in [-0.15, -0.1) is 11.3 Å². The van der Waals surface area contributed by atoms with E-state index in [1.54, 1.807) is 17.4 Å². The molecule has 2 aliphatic rings. The van der Waals surface area contributed by atoms with Gasteiger partial charge >= 0.3 is 0 Å². The van der Waals surface area contributed by atoms with Crippen molar-refractivity contribution in [3.63, 3.8) is 0 Å². The quantitative estimate of drug-likeness (QED) is 0.929. The molecular formula is C17H20N2O2S. The van der Waals surface area contributed by atoms with Gasteiger partial charge < -0.3 is 9.84 Å². The normalized spacial score (nSPS) is 28.0. The fraction of sp³-hybridized carbons (Fsp3) is 0.529.